The lowest BCUT2D eigenvalue weighted by atomic mass is 9.84. The van der Waals surface area contributed by atoms with Crippen LogP contribution in [0.5, 0.6) is 0 Å². The second-order valence-corrected chi connectivity index (χ2v) is 7.32. The van der Waals surface area contributed by atoms with E-state index in [4.69, 9.17) is 0 Å². The van der Waals surface area contributed by atoms with Crippen molar-refractivity contribution in [2.75, 3.05) is 19.6 Å². The molecule has 5 heteroatoms. The molecule has 0 saturated heterocycles. The molecular weight excluding hydrogens is 268 g/mol. The highest BCUT2D eigenvalue weighted by atomic mass is 16.4. The van der Waals surface area contributed by atoms with E-state index in [0.29, 0.717) is 18.9 Å². The highest BCUT2D eigenvalue weighted by molar-refractivity contribution is 5.76. The maximum Gasteiger partial charge on any atom is 0.317 e. The lowest BCUT2D eigenvalue weighted by molar-refractivity contribution is -0.142. The minimum absolute atomic E-state index is 0.0653. The van der Waals surface area contributed by atoms with Crippen molar-refractivity contribution in [2.45, 2.75) is 53.4 Å². The van der Waals surface area contributed by atoms with Crippen LogP contribution in [0.4, 0.5) is 4.79 Å². The molecular formula is C16H30N2O3. The van der Waals surface area contributed by atoms with Crippen molar-refractivity contribution < 1.29 is 14.7 Å². The Morgan fingerprint density at radius 2 is 1.95 bits per heavy atom. The number of carbonyl (C=O) groups excluding carboxylic acids is 1. The molecule has 1 unspecified atom stereocenters. The van der Waals surface area contributed by atoms with Crippen LogP contribution >= 0.6 is 0 Å². The molecule has 0 aromatic heterocycles. The number of carboxylic acid groups (broad SMARTS) is 1. The van der Waals surface area contributed by atoms with Gasteiger partial charge < -0.3 is 15.3 Å². The van der Waals surface area contributed by atoms with Crippen LogP contribution in [0.25, 0.3) is 0 Å². The Morgan fingerprint density at radius 1 is 1.33 bits per heavy atom. The third-order valence-electron chi connectivity index (χ3n) is 4.08. The third kappa shape index (κ3) is 6.36. The van der Waals surface area contributed by atoms with Gasteiger partial charge in [0, 0.05) is 19.6 Å². The van der Waals surface area contributed by atoms with Crippen molar-refractivity contribution in [2.24, 2.45) is 17.3 Å². The third-order valence-corrected chi connectivity index (χ3v) is 4.08. The fourth-order valence-corrected chi connectivity index (χ4v) is 2.65. The van der Waals surface area contributed by atoms with Gasteiger partial charge in [0.05, 0.1) is 5.92 Å². The van der Waals surface area contributed by atoms with Crippen LogP contribution < -0.4 is 5.32 Å². The van der Waals surface area contributed by atoms with E-state index < -0.39 is 11.9 Å². The van der Waals surface area contributed by atoms with Gasteiger partial charge in [-0.05, 0) is 37.5 Å². The van der Waals surface area contributed by atoms with E-state index >= 15 is 0 Å². The van der Waals surface area contributed by atoms with Crippen molar-refractivity contribution in [3.05, 3.63) is 0 Å². The predicted molar refractivity (Wildman–Crippen MR) is 83.2 cm³/mol. The highest BCUT2D eigenvalue weighted by Gasteiger charge is 2.27. The molecule has 2 amide bonds. The lowest BCUT2D eigenvalue weighted by Crippen LogP contribution is -2.45. The number of hydrogen-bond donors (Lipinski definition) is 2. The molecule has 21 heavy (non-hydrogen) atoms. The zero-order chi connectivity index (χ0) is 16.0. The van der Waals surface area contributed by atoms with Gasteiger partial charge in [0.2, 0.25) is 0 Å². The average molecular weight is 298 g/mol. The van der Waals surface area contributed by atoms with Crippen molar-refractivity contribution in [3.63, 3.8) is 0 Å². The molecule has 5 nitrogen and oxygen atoms in total. The minimum atomic E-state index is -0.840. The Kier molecular flexibility index (Phi) is 6.49. The molecule has 1 saturated carbocycles. The fraction of sp³-hybridized carbons (Fsp3) is 0.875. The molecule has 1 fully saturated rings. The van der Waals surface area contributed by atoms with Crippen molar-refractivity contribution in [3.8, 4) is 0 Å². The summed E-state index contributed by atoms with van der Waals surface area (Å²) in [6, 6.07) is -0.135. The van der Waals surface area contributed by atoms with Crippen molar-refractivity contribution >= 4 is 12.0 Å². The number of carboxylic acids is 1. The van der Waals surface area contributed by atoms with E-state index in [1.54, 1.807) is 4.90 Å². The van der Waals surface area contributed by atoms with Crippen LogP contribution in [0.1, 0.15) is 53.4 Å². The summed E-state index contributed by atoms with van der Waals surface area (Å²) in [5, 5.41) is 12.1. The van der Waals surface area contributed by atoms with E-state index in [-0.39, 0.29) is 18.0 Å². The van der Waals surface area contributed by atoms with E-state index in [1.165, 1.54) is 19.3 Å². The van der Waals surface area contributed by atoms with E-state index in [0.717, 1.165) is 6.54 Å². The van der Waals surface area contributed by atoms with Gasteiger partial charge in [-0.3, -0.25) is 4.79 Å². The molecule has 1 aliphatic rings. The number of amides is 2. The predicted octanol–water partition coefficient (Wildman–Crippen LogP) is 2.96. The average Bonchev–Trinajstić information content (AvgIpc) is 2.31. The number of urea groups is 1. The van der Waals surface area contributed by atoms with Gasteiger partial charge in [0.15, 0.2) is 0 Å². The Morgan fingerprint density at radius 3 is 2.33 bits per heavy atom. The number of hydrogen-bond acceptors (Lipinski definition) is 2. The van der Waals surface area contributed by atoms with Gasteiger partial charge in [-0.15, -0.1) is 0 Å². The largest absolute Gasteiger partial charge is 0.481 e. The van der Waals surface area contributed by atoms with Crippen LogP contribution in [-0.2, 0) is 4.79 Å². The van der Waals surface area contributed by atoms with Gasteiger partial charge in [0.1, 0.15) is 0 Å². The standard InChI is InChI=1S/C16H30N2O3/c1-5-18(11-12-7-6-8-12)15(21)17-10-13(14(19)20)9-16(2,3)4/h12-13H,5-11H2,1-4H3,(H,17,21)(H,19,20). The van der Waals surface area contributed by atoms with E-state index in [9.17, 15) is 14.7 Å². The molecule has 2 N–H and O–H groups in total. The van der Waals surface area contributed by atoms with Crippen LogP contribution in [0.3, 0.4) is 0 Å². The molecule has 122 valence electrons. The maximum atomic E-state index is 12.2. The Balaban J connectivity index is 2.45. The summed E-state index contributed by atoms with van der Waals surface area (Å²) in [5.74, 6) is -0.746. The zero-order valence-electron chi connectivity index (χ0n) is 13.8. The normalized spacial score (nSPS) is 17.0. The molecule has 1 atom stereocenters. The first-order chi connectivity index (χ1) is 9.73. The number of aliphatic carboxylic acids is 1. The lowest BCUT2D eigenvalue weighted by Gasteiger charge is -2.32. The first-order valence-corrected chi connectivity index (χ1v) is 7.98. The van der Waals surface area contributed by atoms with Gasteiger partial charge in [-0.2, -0.15) is 0 Å². The second-order valence-electron chi connectivity index (χ2n) is 7.32. The van der Waals surface area contributed by atoms with Crippen LogP contribution in [-0.4, -0.2) is 41.6 Å². The first kappa shape index (κ1) is 17.8. The summed E-state index contributed by atoms with van der Waals surface area (Å²) in [5.41, 5.74) is -0.0653. The summed E-state index contributed by atoms with van der Waals surface area (Å²) in [6.45, 7) is 9.66. The first-order valence-electron chi connectivity index (χ1n) is 7.98. The number of nitrogens with zero attached hydrogens (tertiary/aromatic N) is 1. The van der Waals surface area contributed by atoms with Gasteiger partial charge in [0.25, 0.3) is 0 Å². The molecule has 0 aromatic carbocycles. The Bertz CT molecular complexity index is 359. The molecule has 1 rings (SSSR count). The molecule has 0 radical (unpaired) electrons. The van der Waals surface area contributed by atoms with Crippen LogP contribution in [0.15, 0.2) is 0 Å². The molecule has 0 spiro atoms. The molecule has 0 heterocycles. The Labute approximate surface area is 128 Å². The van der Waals surface area contributed by atoms with Gasteiger partial charge in [-0.1, -0.05) is 27.2 Å². The quantitative estimate of drug-likeness (QED) is 0.759. The van der Waals surface area contributed by atoms with Crippen LogP contribution in [0, 0.1) is 17.3 Å². The summed E-state index contributed by atoms with van der Waals surface area (Å²) in [7, 11) is 0. The molecule has 0 bridgehead atoms. The summed E-state index contributed by atoms with van der Waals surface area (Å²) in [6.07, 6.45) is 4.21. The van der Waals surface area contributed by atoms with E-state index in [1.807, 2.05) is 27.7 Å². The van der Waals surface area contributed by atoms with Crippen molar-refractivity contribution in [1.29, 1.82) is 0 Å². The van der Waals surface area contributed by atoms with Gasteiger partial charge in [-0.25, -0.2) is 4.79 Å². The maximum absolute atomic E-state index is 12.2. The smallest absolute Gasteiger partial charge is 0.317 e. The number of carbonyl (C=O) groups is 2. The van der Waals surface area contributed by atoms with E-state index in [2.05, 4.69) is 5.32 Å². The highest BCUT2D eigenvalue weighted by Crippen LogP contribution is 2.27. The molecule has 0 aliphatic heterocycles. The molecule has 0 aromatic rings. The number of nitrogens with one attached hydrogen (secondary N) is 1. The van der Waals surface area contributed by atoms with Gasteiger partial charge >= 0.3 is 12.0 Å². The SMILES string of the molecule is CCN(CC1CCC1)C(=O)NCC(CC(C)(C)C)C(=O)O. The molecule has 1 aliphatic carbocycles. The topological polar surface area (TPSA) is 69.6 Å². The summed E-state index contributed by atoms with van der Waals surface area (Å²) < 4.78 is 0. The monoisotopic (exact) mass is 298 g/mol. The Hall–Kier alpha value is -1.26. The zero-order valence-corrected chi connectivity index (χ0v) is 13.8. The fourth-order valence-electron chi connectivity index (χ4n) is 2.65. The summed E-state index contributed by atoms with van der Waals surface area (Å²) in [4.78, 5) is 25.3. The second kappa shape index (κ2) is 7.66. The van der Waals surface area contributed by atoms with Crippen molar-refractivity contribution in [1.82, 2.24) is 10.2 Å². The number of rotatable bonds is 7. The van der Waals surface area contributed by atoms with Crippen LogP contribution in [0.2, 0.25) is 0 Å². The minimum Gasteiger partial charge on any atom is -0.481 e. The summed E-state index contributed by atoms with van der Waals surface area (Å²) >= 11 is 0.